The summed E-state index contributed by atoms with van der Waals surface area (Å²) in [5.74, 6) is 2.35. The van der Waals surface area contributed by atoms with Crippen molar-refractivity contribution in [3.05, 3.63) is 48.3 Å². The average molecular weight is 258 g/mol. The maximum atomic E-state index is 5.75. The highest BCUT2D eigenvalue weighted by molar-refractivity contribution is 5.35. The van der Waals surface area contributed by atoms with Crippen LogP contribution in [0.4, 0.5) is 0 Å². The summed E-state index contributed by atoms with van der Waals surface area (Å²) < 4.78 is 11.1. The number of nitrogens with zero attached hydrogens (tertiary/aromatic N) is 1. The molecule has 0 spiro atoms. The molecule has 4 heteroatoms. The molecule has 19 heavy (non-hydrogen) atoms. The Labute approximate surface area is 113 Å². The van der Waals surface area contributed by atoms with Crippen LogP contribution in [0.1, 0.15) is 12.5 Å². The molecule has 2 rings (SSSR count). The second-order valence-electron chi connectivity index (χ2n) is 4.07. The zero-order chi connectivity index (χ0) is 13.5. The second-order valence-corrected chi connectivity index (χ2v) is 4.07. The first-order chi connectivity index (χ1) is 9.31. The first-order valence-electron chi connectivity index (χ1n) is 6.31. The number of benzene rings is 1. The smallest absolute Gasteiger partial charge is 0.146 e. The van der Waals surface area contributed by atoms with Crippen molar-refractivity contribution in [2.24, 2.45) is 0 Å². The van der Waals surface area contributed by atoms with E-state index in [0.717, 1.165) is 29.4 Å². The van der Waals surface area contributed by atoms with Gasteiger partial charge in [-0.25, -0.2) is 0 Å². The summed E-state index contributed by atoms with van der Waals surface area (Å²) in [5.41, 5.74) is 1.09. The Kier molecular flexibility index (Phi) is 4.75. The first kappa shape index (κ1) is 13.4. The first-order valence-corrected chi connectivity index (χ1v) is 6.31. The van der Waals surface area contributed by atoms with E-state index in [1.54, 1.807) is 6.20 Å². The molecule has 100 valence electrons. The minimum absolute atomic E-state index is 0.663. The Hall–Kier alpha value is -2.07. The van der Waals surface area contributed by atoms with Crippen molar-refractivity contribution in [2.45, 2.75) is 13.5 Å². The van der Waals surface area contributed by atoms with Gasteiger partial charge in [-0.3, -0.25) is 4.98 Å². The normalized spacial score (nSPS) is 10.2. The molecule has 1 aromatic heterocycles. The van der Waals surface area contributed by atoms with E-state index in [2.05, 4.69) is 10.3 Å². The molecular formula is C15H18N2O2. The van der Waals surface area contributed by atoms with E-state index in [-0.39, 0.29) is 0 Å². The van der Waals surface area contributed by atoms with Crippen LogP contribution in [0.2, 0.25) is 0 Å². The van der Waals surface area contributed by atoms with Crippen LogP contribution in [0.25, 0.3) is 0 Å². The number of ether oxygens (including phenoxy) is 2. The van der Waals surface area contributed by atoms with Crippen LogP contribution < -0.4 is 14.8 Å². The molecule has 0 amide bonds. The topological polar surface area (TPSA) is 43.4 Å². The molecule has 0 saturated carbocycles. The summed E-state index contributed by atoms with van der Waals surface area (Å²) in [6, 6.07) is 9.53. The summed E-state index contributed by atoms with van der Waals surface area (Å²) >= 11 is 0. The summed E-state index contributed by atoms with van der Waals surface area (Å²) in [5, 5.41) is 3.08. The van der Waals surface area contributed by atoms with Gasteiger partial charge < -0.3 is 14.8 Å². The third-order valence-electron chi connectivity index (χ3n) is 2.52. The van der Waals surface area contributed by atoms with E-state index in [1.165, 1.54) is 0 Å². The predicted molar refractivity (Wildman–Crippen MR) is 74.7 cm³/mol. The highest BCUT2D eigenvalue weighted by atomic mass is 16.5. The van der Waals surface area contributed by atoms with E-state index < -0.39 is 0 Å². The standard InChI is InChI=1S/C15H18N2O2/c1-3-18-13-4-6-14(7-5-13)19-15-8-12(9-16-2)10-17-11-15/h4-8,10-11,16H,3,9H2,1-2H3. The zero-order valence-electron chi connectivity index (χ0n) is 11.2. The van der Waals surface area contributed by atoms with Gasteiger partial charge in [-0.15, -0.1) is 0 Å². The number of rotatable bonds is 6. The fraction of sp³-hybridized carbons (Fsp3) is 0.267. The predicted octanol–water partition coefficient (Wildman–Crippen LogP) is 2.99. The van der Waals surface area contributed by atoms with Gasteiger partial charge in [-0.1, -0.05) is 0 Å². The third kappa shape index (κ3) is 3.96. The van der Waals surface area contributed by atoms with Gasteiger partial charge in [0.1, 0.15) is 17.2 Å². The van der Waals surface area contributed by atoms with E-state index in [4.69, 9.17) is 9.47 Å². The number of aromatic nitrogens is 1. The van der Waals surface area contributed by atoms with Gasteiger partial charge in [0.05, 0.1) is 12.8 Å². The number of hydrogen-bond acceptors (Lipinski definition) is 4. The van der Waals surface area contributed by atoms with Gasteiger partial charge in [0.25, 0.3) is 0 Å². The van der Waals surface area contributed by atoms with Gasteiger partial charge in [0.2, 0.25) is 0 Å². The molecule has 1 heterocycles. The maximum Gasteiger partial charge on any atom is 0.146 e. The van der Waals surface area contributed by atoms with E-state index in [1.807, 2.05) is 50.5 Å². The quantitative estimate of drug-likeness (QED) is 0.865. The molecule has 1 aromatic carbocycles. The van der Waals surface area contributed by atoms with Crippen LogP contribution in [0.5, 0.6) is 17.2 Å². The summed E-state index contributed by atoms with van der Waals surface area (Å²) in [6.07, 6.45) is 3.52. The van der Waals surface area contributed by atoms with Crippen LogP contribution in [0.15, 0.2) is 42.7 Å². The average Bonchev–Trinajstić information content (AvgIpc) is 2.42. The summed E-state index contributed by atoms with van der Waals surface area (Å²) in [4.78, 5) is 4.16. The second kappa shape index (κ2) is 6.75. The molecule has 2 aromatic rings. The fourth-order valence-electron chi connectivity index (χ4n) is 1.73. The van der Waals surface area contributed by atoms with E-state index in [0.29, 0.717) is 6.61 Å². The lowest BCUT2D eigenvalue weighted by molar-refractivity contribution is 0.339. The van der Waals surface area contributed by atoms with Crippen LogP contribution in [0, 0.1) is 0 Å². The SMILES string of the molecule is CCOc1ccc(Oc2cncc(CNC)c2)cc1. The molecule has 0 aliphatic rings. The molecule has 0 bridgehead atoms. The van der Waals surface area contributed by atoms with Gasteiger partial charge >= 0.3 is 0 Å². The molecule has 0 radical (unpaired) electrons. The largest absolute Gasteiger partial charge is 0.494 e. The summed E-state index contributed by atoms with van der Waals surface area (Å²) in [7, 11) is 1.90. The van der Waals surface area contributed by atoms with Crippen molar-refractivity contribution in [1.82, 2.24) is 10.3 Å². The van der Waals surface area contributed by atoms with Crippen molar-refractivity contribution < 1.29 is 9.47 Å². The van der Waals surface area contributed by atoms with E-state index in [9.17, 15) is 0 Å². The Morgan fingerprint density at radius 2 is 1.79 bits per heavy atom. The lowest BCUT2D eigenvalue weighted by atomic mass is 10.3. The van der Waals surface area contributed by atoms with Crippen molar-refractivity contribution >= 4 is 0 Å². The highest BCUT2D eigenvalue weighted by Gasteiger charge is 2.00. The zero-order valence-corrected chi connectivity index (χ0v) is 11.2. The van der Waals surface area contributed by atoms with Gasteiger partial charge in [0.15, 0.2) is 0 Å². The fourth-order valence-corrected chi connectivity index (χ4v) is 1.73. The lowest BCUT2D eigenvalue weighted by Crippen LogP contribution is -2.05. The number of pyridine rings is 1. The molecule has 0 fully saturated rings. The number of hydrogen-bond donors (Lipinski definition) is 1. The van der Waals surface area contributed by atoms with Gasteiger partial charge in [-0.05, 0) is 49.9 Å². The van der Waals surface area contributed by atoms with Crippen molar-refractivity contribution in [2.75, 3.05) is 13.7 Å². The Morgan fingerprint density at radius 1 is 1.05 bits per heavy atom. The Bertz CT molecular complexity index is 512. The maximum absolute atomic E-state index is 5.75. The van der Waals surface area contributed by atoms with Crippen molar-refractivity contribution in [3.63, 3.8) is 0 Å². The molecule has 0 unspecified atom stereocenters. The number of nitrogens with one attached hydrogen (secondary N) is 1. The minimum Gasteiger partial charge on any atom is -0.494 e. The van der Waals surface area contributed by atoms with Crippen LogP contribution in [-0.2, 0) is 6.54 Å². The minimum atomic E-state index is 0.663. The molecule has 0 aliphatic heterocycles. The van der Waals surface area contributed by atoms with Crippen LogP contribution in [0.3, 0.4) is 0 Å². The van der Waals surface area contributed by atoms with Crippen molar-refractivity contribution in [3.8, 4) is 17.2 Å². The molecule has 0 aliphatic carbocycles. The van der Waals surface area contributed by atoms with Gasteiger partial charge in [0, 0.05) is 12.7 Å². The van der Waals surface area contributed by atoms with Crippen LogP contribution >= 0.6 is 0 Å². The lowest BCUT2D eigenvalue weighted by Gasteiger charge is -2.08. The van der Waals surface area contributed by atoms with E-state index >= 15 is 0 Å². The molecule has 4 nitrogen and oxygen atoms in total. The van der Waals surface area contributed by atoms with Crippen LogP contribution in [-0.4, -0.2) is 18.6 Å². The Balaban J connectivity index is 2.05. The molecule has 1 N–H and O–H groups in total. The molecule has 0 atom stereocenters. The molecular weight excluding hydrogens is 240 g/mol. The monoisotopic (exact) mass is 258 g/mol. The van der Waals surface area contributed by atoms with Crippen molar-refractivity contribution in [1.29, 1.82) is 0 Å². The third-order valence-corrected chi connectivity index (χ3v) is 2.52. The molecule has 0 saturated heterocycles. The Morgan fingerprint density at radius 3 is 2.47 bits per heavy atom. The summed E-state index contributed by atoms with van der Waals surface area (Å²) in [6.45, 7) is 3.40. The van der Waals surface area contributed by atoms with Gasteiger partial charge in [-0.2, -0.15) is 0 Å². The highest BCUT2D eigenvalue weighted by Crippen LogP contribution is 2.23.